The second-order valence-electron chi connectivity index (χ2n) is 4.45. The van der Waals surface area contributed by atoms with Crippen molar-refractivity contribution in [3.05, 3.63) is 30.3 Å². The van der Waals surface area contributed by atoms with E-state index in [-0.39, 0.29) is 12.0 Å². The Kier molecular flexibility index (Phi) is 4.15. The van der Waals surface area contributed by atoms with Crippen LogP contribution in [0.2, 0.25) is 0 Å². The van der Waals surface area contributed by atoms with Gasteiger partial charge in [-0.05, 0) is 37.2 Å². The van der Waals surface area contributed by atoms with E-state index in [4.69, 9.17) is 17.3 Å². The first kappa shape index (κ1) is 12.8. The minimum Gasteiger partial charge on any atom is -0.481 e. The number of carbonyl (C=O) groups is 1. The van der Waals surface area contributed by atoms with Gasteiger partial charge in [-0.1, -0.05) is 24.6 Å². The number of rotatable bonds is 3. The molecule has 18 heavy (non-hydrogen) atoms. The van der Waals surface area contributed by atoms with E-state index in [1.807, 2.05) is 30.3 Å². The lowest BCUT2D eigenvalue weighted by molar-refractivity contribution is -0.142. The van der Waals surface area contributed by atoms with Gasteiger partial charge in [-0.3, -0.25) is 4.79 Å². The number of nitrogens with one attached hydrogen (secondary N) is 2. The smallest absolute Gasteiger partial charge is 0.308 e. The highest BCUT2D eigenvalue weighted by Gasteiger charge is 2.33. The monoisotopic (exact) mass is 264 g/mol. The van der Waals surface area contributed by atoms with Crippen LogP contribution in [0.4, 0.5) is 5.69 Å². The van der Waals surface area contributed by atoms with Crippen molar-refractivity contribution in [2.45, 2.75) is 25.3 Å². The molecule has 0 unspecified atom stereocenters. The summed E-state index contributed by atoms with van der Waals surface area (Å²) in [6.45, 7) is 0. The molecule has 2 atom stereocenters. The topological polar surface area (TPSA) is 61.4 Å². The SMILES string of the molecule is O=C(O)[C@@H]1CCC[C@@H]1NC(=S)Nc1ccccc1. The fraction of sp³-hybridized carbons (Fsp3) is 0.385. The van der Waals surface area contributed by atoms with E-state index in [0.717, 1.165) is 24.9 Å². The van der Waals surface area contributed by atoms with Gasteiger partial charge in [-0.2, -0.15) is 0 Å². The Morgan fingerprint density at radius 1 is 1.28 bits per heavy atom. The van der Waals surface area contributed by atoms with Gasteiger partial charge in [0, 0.05) is 11.7 Å². The number of hydrogen-bond acceptors (Lipinski definition) is 2. The molecule has 1 aliphatic carbocycles. The zero-order valence-electron chi connectivity index (χ0n) is 9.93. The molecular weight excluding hydrogens is 248 g/mol. The zero-order chi connectivity index (χ0) is 13.0. The van der Waals surface area contributed by atoms with Crippen molar-refractivity contribution in [1.82, 2.24) is 5.32 Å². The molecule has 1 aromatic rings. The van der Waals surface area contributed by atoms with Crippen LogP contribution in [-0.2, 0) is 4.79 Å². The number of thiocarbonyl (C=S) groups is 1. The van der Waals surface area contributed by atoms with Crippen molar-refractivity contribution in [2.75, 3.05) is 5.32 Å². The zero-order valence-corrected chi connectivity index (χ0v) is 10.7. The Balaban J connectivity index is 1.90. The summed E-state index contributed by atoms with van der Waals surface area (Å²) in [5.74, 6) is -1.08. The molecule has 5 heteroatoms. The third kappa shape index (κ3) is 3.20. The lowest BCUT2D eigenvalue weighted by Gasteiger charge is -2.20. The van der Waals surface area contributed by atoms with Crippen molar-refractivity contribution >= 4 is 29.0 Å². The van der Waals surface area contributed by atoms with Crippen molar-refractivity contribution in [3.8, 4) is 0 Å². The summed E-state index contributed by atoms with van der Waals surface area (Å²) in [6, 6.07) is 9.53. The molecule has 0 radical (unpaired) electrons. The van der Waals surface area contributed by atoms with Crippen LogP contribution in [-0.4, -0.2) is 22.2 Å². The highest BCUT2D eigenvalue weighted by atomic mass is 32.1. The summed E-state index contributed by atoms with van der Waals surface area (Å²) >= 11 is 5.20. The number of anilines is 1. The van der Waals surface area contributed by atoms with Crippen molar-refractivity contribution in [2.24, 2.45) is 5.92 Å². The standard InChI is InChI=1S/C13H16N2O2S/c16-12(17)10-7-4-8-11(10)15-13(18)14-9-5-2-1-3-6-9/h1-3,5-6,10-11H,4,7-8H2,(H,16,17)(H2,14,15,18)/t10-,11+/m1/s1. The van der Waals surface area contributed by atoms with Crippen LogP contribution in [0.1, 0.15) is 19.3 Å². The average molecular weight is 264 g/mol. The number of carboxylic acid groups (broad SMARTS) is 1. The molecular formula is C13H16N2O2S. The molecule has 0 bridgehead atoms. The highest BCUT2D eigenvalue weighted by Crippen LogP contribution is 2.25. The molecule has 0 spiro atoms. The molecule has 0 amide bonds. The second kappa shape index (κ2) is 5.82. The predicted molar refractivity (Wildman–Crippen MR) is 74.6 cm³/mol. The largest absolute Gasteiger partial charge is 0.481 e. The minimum atomic E-state index is -0.743. The molecule has 0 heterocycles. The molecule has 96 valence electrons. The average Bonchev–Trinajstić information content (AvgIpc) is 2.78. The van der Waals surface area contributed by atoms with Crippen LogP contribution < -0.4 is 10.6 Å². The van der Waals surface area contributed by atoms with Crippen molar-refractivity contribution in [3.63, 3.8) is 0 Å². The first-order chi connectivity index (χ1) is 8.66. The molecule has 3 N–H and O–H groups in total. The van der Waals surface area contributed by atoms with Gasteiger partial charge in [0.2, 0.25) is 0 Å². The van der Waals surface area contributed by atoms with Gasteiger partial charge >= 0.3 is 5.97 Å². The van der Waals surface area contributed by atoms with Gasteiger partial charge in [-0.15, -0.1) is 0 Å². The molecule has 0 saturated heterocycles. The quantitative estimate of drug-likeness (QED) is 0.731. The van der Waals surface area contributed by atoms with Crippen LogP contribution in [0.3, 0.4) is 0 Å². The van der Waals surface area contributed by atoms with E-state index >= 15 is 0 Å². The van der Waals surface area contributed by atoms with E-state index < -0.39 is 5.97 Å². The summed E-state index contributed by atoms with van der Waals surface area (Å²) in [5, 5.41) is 15.7. The predicted octanol–water partition coefficient (Wildman–Crippen LogP) is 2.23. The summed E-state index contributed by atoms with van der Waals surface area (Å²) in [6.07, 6.45) is 2.51. The van der Waals surface area contributed by atoms with Crippen LogP contribution >= 0.6 is 12.2 Å². The van der Waals surface area contributed by atoms with E-state index in [2.05, 4.69) is 10.6 Å². The maximum absolute atomic E-state index is 11.0. The van der Waals surface area contributed by atoms with E-state index in [1.54, 1.807) is 0 Å². The van der Waals surface area contributed by atoms with E-state index in [1.165, 1.54) is 0 Å². The number of aliphatic carboxylic acids is 1. The highest BCUT2D eigenvalue weighted by molar-refractivity contribution is 7.80. The maximum atomic E-state index is 11.0. The molecule has 1 aliphatic rings. The summed E-state index contributed by atoms with van der Waals surface area (Å²) < 4.78 is 0. The van der Waals surface area contributed by atoms with Crippen LogP contribution in [0, 0.1) is 5.92 Å². The molecule has 0 aromatic heterocycles. The van der Waals surface area contributed by atoms with Crippen LogP contribution in [0.15, 0.2) is 30.3 Å². The van der Waals surface area contributed by atoms with Gasteiger partial charge in [-0.25, -0.2) is 0 Å². The Morgan fingerprint density at radius 3 is 2.67 bits per heavy atom. The number of hydrogen-bond donors (Lipinski definition) is 3. The fourth-order valence-electron chi connectivity index (χ4n) is 2.29. The lowest BCUT2D eigenvalue weighted by atomic mass is 10.0. The first-order valence-corrected chi connectivity index (χ1v) is 6.43. The third-order valence-electron chi connectivity index (χ3n) is 3.18. The van der Waals surface area contributed by atoms with Crippen LogP contribution in [0.25, 0.3) is 0 Å². The molecule has 0 aliphatic heterocycles. The Labute approximate surface area is 111 Å². The maximum Gasteiger partial charge on any atom is 0.308 e. The van der Waals surface area contributed by atoms with Crippen molar-refractivity contribution < 1.29 is 9.90 Å². The van der Waals surface area contributed by atoms with E-state index in [9.17, 15) is 4.79 Å². The first-order valence-electron chi connectivity index (χ1n) is 6.02. The molecule has 1 aromatic carbocycles. The van der Waals surface area contributed by atoms with Gasteiger partial charge in [0.15, 0.2) is 5.11 Å². The second-order valence-corrected chi connectivity index (χ2v) is 4.85. The Morgan fingerprint density at radius 2 is 2.00 bits per heavy atom. The third-order valence-corrected chi connectivity index (χ3v) is 3.40. The van der Waals surface area contributed by atoms with Gasteiger partial charge in [0.1, 0.15) is 0 Å². The molecule has 2 rings (SSSR count). The lowest BCUT2D eigenvalue weighted by Crippen LogP contribution is -2.42. The Bertz CT molecular complexity index is 436. The van der Waals surface area contributed by atoms with E-state index in [0.29, 0.717) is 5.11 Å². The van der Waals surface area contributed by atoms with Crippen LogP contribution in [0.5, 0.6) is 0 Å². The minimum absolute atomic E-state index is 0.0637. The molecule has 1 saturated carbocycles. The van der Waals surface area contributed by atoms with Crippen molar-refractivity contribution in [1.29, 1.82) is 0 Å². The normalized spacial score (nSPS) is 22.4. The van der Waals surface area contributed by atoms with Gasteiger partial charge in [0.25, 0.3) is 0 Å². The fourth-order valence-corrected chi connectivity index (χ4v) is 2.55. The molecule has 4 nitrogen and oxygen atoms in total. The molecule has 1 fully saturated rings. The summed E-state index contributed by atoms with van der Waals surface area (Å²) in [5.41, 5.74) is 0.903. The summed E-state index contributed by atoms with van der Waals surface area (Å²) in [4.78, 5) is 11.0. The van der Waals surface area contributed by atoms with Gasteiger partial charge < -0.3 is 15.7 Å². The van der Waals surface area contributed by atoms with Gasteiger partial charge in [0.05, 0.1) is 5.92 Å². The number of para-hydroxylation sites is 1. The Hall–Kier alpha value is -1.62. The number of benzene rings is 1. The summed E-state index contributed by atoms with van der Waals surface area (Å²) in [7, 11) is 0. The number of carboxylic acids is 1.